The number of anilines is 1. The maximum atomic E-state index is 11.4. The van der Waals surface area contributed by atoms with Crippen LogP contribution in [0, 0.1) is 0 Å². The summed E-state index contributed by atoms with van der Waals surface area (Å²) in [5.74, 6) is 0.260. The molecule has 2 heterocycles. The van der Waals surface area contributed by atoms with Crippen molar-refractivity contribution >= 4 is 22.4 Å². The van der Waals surface area contributed by atoms with Crippen LogP contribution in [-0.4, -0.2) is 18.1 Å². The Labute approximate surface area is 121 Å². The van der Waals surface area contributed by atoms with E-state index in [0.29, 0.717) is 17.9 Å². The van der Waals surface area contributed by atoms with Gasteiger partial charge in [-0.1, -0.05) is 12.1 Å². The second-order valence-corrected chi connectivity index (χ2v) is 4.55. The summed E-state index contributed by atoms with van der Waals surface area (Å²) in [7, 11) is 1.34. The van der Waals surface area contributed by atoms with Crippen LogP contribution < -0.4 is 5.32 Å². The Morgan fingerprint density at radius 1 is 1.38 bits per heavy atom. The van der Waals surface area contributed by atoms with Crippen molar-refractivity contribution in [3.05, 3.63) is 60.3 Å². The number of nitrogens with zero attached hydrogens (tertiary/aromatic N) is 1. The normalized spacial score (nSPS) is 10.5. The molecule has 5 nitrogen and oxygen atoms in total. The molecular formula is C16H14N2O3. The fraction of sp³-hybridized carbons (Fsp3) is 0.125. The van der Waals surface area contributed by atoms with Gasteiger partial charge < -0.3 is 14.5 Å². The summed E-state index contributed by atoms with van der Waals surface area (Å²) in [4.78, 5) is 15.5. The summed E-state index contributed by atoms with van der Waals surface area (Å²) < 4.78 is 9.98. The lowest BCUT2D eigenvalue weighted by molar-refractivity contribution is 0.0600. The van der Waals surface area contributed by atoms with E-state index in [9.17, 15) is 4.79 Å². The first-order valence-corrected chi connectivity index (χ1v) is 6.50. The first-order valence-electron chi connectivity index (χ1n) is 6.50. The van der Waals surface area contributed by atoms with Crippen LogP contribution in [0.4, 0.5) is 5.69 Å². The average molecular weight is 282 g/mol. The number of ether oxygens (including phenoxy) is 1. The molecule has 106 valence electrons. The number of benzene rings is 1. The highest BCUT2D eigenvalue weighted by molar-refractivity contribution is 5.93. The molecule has 0 fully saturated rings. The van der Waals surface area contributed by atoms with Gasteiger partial charge in [0.15, 0.2) is 0 Å². The van der Waals surface area contributed by atoms with E-state index in [2.05, 4.69) is 15.0 Å². The minimum absolute atomic E-state index is 0.403. The molecule has 21 heavy (non-hydrogen) atoms. The highest BCUT2D eigenvalue weighted by Crippen LogP contribution is 2.22. The van der Waals surface area contributed by atoms with Crippen molar-refractivity contribution in [2.75, 3.05) is 12.4 Å². The van der Waals surface area contributed by atoms with E-state index in [1.54, 1.807) is 12.3 Å². The standard InChI is InChI=1S/C16H14N2O3/c1-20-16(19)12-7-13(21-10-12)8-18-15-4-2-3-11-5-6-17-9-14(11)15/h2-7,9-10,18H,8H2,1H3. The number of rotatable bonds is 4. The van der Waals surface area contributed by atoms with Crippen LogP contribution in [0.1, 0.15) is 16.1 Å². The lowest BCUT2D eigenvalue weighted by Crippen LogP contribution is -2.00. The van der Waals surface area contributed by atoms with Gasteiger partial charge >= 0.3 is 5.97 Å². The van der Waals surface area contributed by atoms with E-state index >= 15 is 0 Å². The van der Waals surface area contributed by atoms with Crippen LogP contribution in [0.5, 0.6) is 0 Å². The fourth-order valence-corrected chi connectivity index (χ4v) is 2.15. The number of fused-ring (bicyclic) bond motifs is 1. The number of pyridine rings is 1. The molecule has 1 N–H and O–H groups in total. The van der Waals surface area contributed by atoms with E-state index in [1.807, 2.05) is 30.5 Å². The monoisotopic (exact) mass is 282 g/mol. The molecule has 5 heteroatoms. The zero-order chi connectivity index (χ0) is 14.7. The predicted octanol–water partition coefficient (Wildman–Crippen LogP) is 3.23. The number of carbonyl (C=O) groups is 1. The number of hydrogen-bond donors (Lipinski definition) is 1. The largest absolute Gasteiger partial charge is 0.467 e. The molecule has 3 aromatic rings. The molecule has 0 aliphatic carbocycles. The minimum atomic E-state index is -0.403. The minimum Gasteiger partial charge on any atom is -0.467 e. The SMILES string of the molecule is COC(=O)c1coc(CNc2cccc3ccncc23)c1. The zero-order valence-electron chi connectivity index (χ0n) is 11.5. The Bertz CT molecular complexity index is 775. The van der Waals surface area contributed by atoms with E-state index in [4.69, 9.17) is 4.42 Å². The molecule has 0 aliphatic heterocycles. The van der Waals surface area contributed by atoms with Crippen LogP contribution in [0.15, 0.2) is 53.4 Å². The lowest BCUT2D eigenvalue weighted by Gasteiger charge is -2.07. The van der Waals surface area contributed by atoms with Gasteiger partial charge in [0, 0.05) is 23.5 Å². The van der Waals surface area contributed by atoms with E-state index in [1.165, 1.54) is 13.4 Å². The number of hydrogen-bond acceptors (Lipinski definition) is 5. The Kier molecular flexibility index (Phi) is 3.55. The molecule has 0 unspecified atom stereocenters. The molecule has 0 spiro atoms. The van der Waals surface area contributed by atoms with Crippen LogP contribution in [-0.2, 0) is 11.3 Å². The maximum Gasteiger partial charge on any atom is 0.341 e. The number of furan rings is 1. The van der Waals surface area contributed by atoms with E-state index in [0.717, 1.165) is 16.5 Å². The van der Waals surface area contributed by atoms with Crippen LogP contribution >= 0.6 is 0 Å². The highest BCUT2D eigenvalue weighted by Gasteiger charge is 2.10. The Morgan fingerprint density at radius 3 is 3.14 bits per heavy atom. The van der Waals surface area contributed by atoms with E-state index < -0.39 is 5.97 Å². The van der Waals surface area contributed by atoms with Gasteiger partial charge in [-0.15, -0.1) is 0 Å². The van der Waals surface area contributed by atoms with Gasteiger partial charge in [-0.2, -0.15) is 0 Å². The molecule has 2 aromatic heterocycles. The number of methoxy groups -OCH3 is 1. The lowest BCUT2D eigenvalue weighted by atomic mass is 10.1. The Balaban J connectivity index is 1.77. The van der Waals surface area contributed by atoms with Crippen molar-refractivity contribution in [2.24, 2.45) is 0 Å². The zero-order valence-corrected chi connectivity index (χ0v) is 11.5. The maximum absolute atomic E-state index is 11.4. The first-order chi connectivity index (χ1) is 10.3. The van der Waals surface area contributed by atoms with Crippen molar-refractivity contribution in [3.63, 3.8) is 0 Å². The summed E-state index contributed by atoms with van der Waals surface area (Å²) in [5.41, 5.74) is 1.38. The topological polar surface area (TPSA) is 64.4 Å². The van der Waals surface area contributed by atoms with Crippen molar-refractivity contribution in [2.45, 2.75) is 6.54 Å². The fourth-order valence-electron chi connectivity index (χ4n) is 2.15. The van der Waals surface area contributed by atoms with Gasteiger partial charge in [0.2, 0.25) is 0 Å². The quantitative estimate of drug-likeness (QED) is 0.744. The summed E-state index contributed by atoms with van der Waals surface area (Å²) in [5, 5.41) is 5.45. The average Bonchev–Trinajstić information content (AvgIpc) is 3.01. The number of esters is 1. The van der Waals surface area contributed by atoms with Crippen molar-refractivity contribution in [3.8, 4) is 0 Å². The van der Waals surface area contributed by atoms with Gasteiger partial charge in [0.1, 0.15) is 12.0 Å². The summed E-state index contributed by atoms with van der Waals surface area (Å²) >= 11 is 0. The van der Waals surface area contributed by atoms with Gasteiger partial charge in [-0.05, 0) is 23.6 Å². The number of carbonyl (C=O) groups excluding carboxylic acids is 1. The molecule has 0 bridgehead atoms. The summed E-state index contributed by atoms with van der Waals surface area (Å²) in [6.07, 6.45) is 4.98. The molecule has 3 rings (SSSR count). The molecule has 0 atom stereocenters. The smallest absolute Gasteiger partial charge is 0.341 e. The second-order valence-electron chi connectivity index (χ2n) is 4.55. The Morgan fingerprint density at radius 2 is 2.29 bits per heavy atom. The number of aromatic nitrogens is 1. The van der Waals surface area contributed by atoms with Crippen molar-refractivity contribution in [1.82, 2.24) is 4.98 Å². The molecular weight excluding hydrogens is 268 g/mol. The molecule has 0 aliphatic rings. The van der Waals surface area contributed by atoms with Crippen LogP contribution in [0.25, 0.3) is 10.8 Å². The van der Waals surface area contributed by atoms with Crippen molar-refractivity contribution in [1.29, 1.82) is 0 Å². The number of nitrogens with one attached hydrogen (secondary N) is 1. The van der Waals surface area contributed by atoms with Crippen molar-refractivity contribution < 1.29 is 13.9 Å². The molecule has 1 aromatic carbocycles. The molecule has 0 radical (unpaired) electrons. The predicted molar refractivity (Wildman–Crippen MR) is 79.1 cm³/mol. The van der Waals surface area contributed by atoms with Gasteiger partial charge in [0.05, 0.1) is 19.2 Å². The van der Waals surface area contributed by atoms with Gasteiger partial charge in [0.25, 0.3) is 0 Å². The molecule has 0 saturated carbocycles. The third kappa shape index (κ3) is 2.72. The third-order valence-electron chi connectivity index (χ3n) is 3.21. The van der Waals surface area contributed by atoms with Crippen LogP contribution in [0.2, 0.25) is 0 Å². The van der Waals surface area contributed by atoms with Crippen LogP contribution in [0.3, 0.4) is 0 Å². The Hall–Kier alpha value is -2.82. The molecule has 0 amide bonds. The van der Waals surface area contributed by atoms with Gasteiger partial charge in [-0.25, -0.2) is 4.79 Å². The summed E-state index contributed by atoms with van der Waals surface area (Å²) in [6, 6.07) is 9.62. The second kappa shape index (κ2) is 5.66. The molecule has 0 saturated heterocycles. The first kappa shape index (κ1) is 13.2. The van der Waals surface area contributed by atoms with E-state index in [-0.39, 0.29) is 0 Å². The summed E-state index contributed by atoms with van der Waals surface area (Å²) in [6.45, 7) is 0.477. The highest BCUT2D eigenvalue weighted by atomic mass is 16.5. The van der Waals surface area contributed by atoms with Gasteiger partial charge in [-0.3, -0.25) is 4.98 Å². The third-order valence-corrected chi connectivity index (χ3v) is 3.21.